The summed E-state index contributed by atoms with van der Waals surface area (Å²) in [7, 11) is 0. The minimum absolute atomic E-state index is 0. The standard InChI is InChI=1S/C47H44N4O2.ClH/c1(2-4-18-32-52-44-30-16-14-28-42(44)50-46-34-20-6-10-24-38(34)48-39-25-11-7-21-35(39)46)3-5-19-33-53-45-31-17-15-29-43(45)51-47-36-22-8-12-26-40(36)49-41-27-13-9-23-37(41)47;/h6-17,20-31H,1-5,18-19,32-33H2,(H,48,50)(H,49,51);1H. The van der Waals surface area contributed by atoms with Gasteiger partial charge in [0, 0.05) is 21.5 Å². The number of fused-ring (bicyclic) bond motifs is 4. The van der Waals surface area contributed by atoms with Crippen molar-refractivity contribution in [3.05, 3.63) is 146 Å². The quantitative estimate of drug-likeness (QED) is 0.0761. The van der Waals surface area contributed by atoms with E-state index in [-0.39, 0.29) is 12.4 Å². The fourth-order valence-electron chi connectivity index (χ4n) is 7.06. The summed E-state index contributed by atoms with van der Waals surface area (Å²) in [6.45, 7) is 1.39. The number of pyridine rings is 2. The number of para-hydroxylation sites is 8. The van der Waals surface area contributed by atoms with Crippen LogP contribution in [0.25, 0.3) is 43.6 Å². The largest absolute Gasteiger partial charge is 0.491 e. The molecule has 8 rings (SSSR count). The monoisotopic (exact) mass is 732 g/mol. The van der Waals surface area contributed by atoms with Crippen LogP contribution in [0.3, 0.4) is 0 Å². The molecule has 0 aliphatic heterocycles. The lowest BCUT2D eigenvalue weighted by Gasteiger charge is -2.16. The molecule has 2 N–H and O–H groups in total. The van der Waals surface area contributed by atoms with E-state index in [1.54, 1.807) is 0 Å². The number of nitrogens with one attached hydrogen (secondary N) is 2. The third-order valence-electron chi connectivity index (χ3n) is 9.77. The van der Waals surface area contributed by atoms with Crippen molar-refractivity contribution in [2.45, 2.75) is 44.9 Å². The van der Waals surface area contributed by atoms with Crippen molar-refractivity contribution in [1.29, 1.82) is 0 Å². The van der Waals surface area contributed by atoms with Crippen molar-refractivity contribution in [3.8, 4) is 11.5 Å². The van der Waals surface area contributed by atoms with Gasteiger partial charge in [0.25, 0.3) is 0 Å². The van der Waals surface area contributed by atoms with Crippen molar-refractivity contribution in [1.82, 2.24) is 9.97 Å². The number of unbranched alkanes of at least 4 members (excludes halogenated alkanes) is 6. The van der Waals surface area contributed by atoms with Crippen molar-refractivity contribution in [2.24, 2.45) is 0 Å². The molecule has 2 heterocycles. The molecule has 0 fully saturated rings. The van der Waals surface area contributed by atoms with Crippen LogP contribution in [-0.4, -0.2) is 23.2 Å². The lowest BCUT2D eigenvalue weighted by Crippen LogP contribution is -2.02. The second-order valence-corrected chi connectivity index (χ2v) is 13.5. The Labute approximate surface area is 323 Å². The summed E-state index contributed by atoms with van der Waals surface area (Å²) in [6.07, 6.45) is 8.02. The Hall–Kier alpha value is -5.85. The van der Waals surface area contributed by atoms with Gasteiger partial charge in [0.15, 0.2) is 0 Å². The maximum absolute atomic E-state index is 6.32. The van der Waals surface area contributed by atoms with E-state index in [0.29, 0.717) is 13.2 Å². The van der Waals surface area contributed by atoms with Crippen LogP contribution in [0, 0.1) is 0 Å². The maximum atomic E-state index is 6.32. The number of hydrogen-bond acceptors (Lipinski definition) is 6. The first-order chi connectivity index (χ1) is 26.3. The summed E-state index contributed by atoms with van der Waals surface area (Å²) in [5.74, 6) is 1.74. The van der Waals surface area contributed by atoms with Gasteiger partial charge in [0.2, 0.25) is 0 Å². The molecule has 7 heteroatoms. The molecule has 8 aromatic rings. The zero-order valence-electron chi connectivity index (χ0n) is 30.3. The van der Waals surface area contributed by atoms with Crippen LogP contribution >= 0.6 is 12.4 Å². The molecule has 0 aliphatic rings. The molecular weight excluding hydrogens is 688 g/mol. The van der Waals surface area contributed by atoms with E-state index >= 15 is 0 Å². The van der Waals surface area contributed by atoms with Crippen LogP contribution in [-0.2, 0) is 0 Å². The highest BCUT2D eigenvalue weighted by molar-refractivity contribution is 6.10. The molecule has 0 spiro atoms. The van der Waals surface area contributed by atoms with Gasteiger partial charge < -0.3 is 20.1 Å². The van der Waals surface area contributed by atoms with E-state index in [1.807, 2.05) is 60.7 Å². The van der Waals surface area contributed by atoms with Gasteiger partial charge in [-0.05, 0) is 61.4 Å². The second kappa shape index (κ2) is 17.8. The van der Waals surface area contributed by atoms with Crippen LogP contribution in [0.2, 0.25) is 0 Å². The molecule has 0 bridgehead atoms. The SMILES string of the molecule is Cl.c1ccc(OCCCCCCCCCOc2ccccc2Nc2c3ccccc3nc3ccccc23)c(Nc2c3ccccc3nc3ccccc23)c1. The van der Waals surface area contributed by atoms with Gasteiger partial charge >= 0.3 is 0 Å². The zero-order valence-corrected chi connectivity index (χ0v) is 31.2. The molecule has 6 nitrogen and oxygen atoms in total. The highest BCUT2D eigenvalue weighted by atomic mass is 35.5. The van der Waals surface area contributed by atoms with E-state index in [0.717, 1.165) is 104 Å². The number of ether oxygens (including phenoxy) is 2. The van der Waals surface area contributed by atoms with Gasteiger partial charge in [-0.1, -0.05) is 129 Å². The molecule has 6 aromatic carbocycles. The summed E-state index contributed by atoms with van der Waals surface area (Å²) in [5.41, 5.74) is 7.94. The van der Waals surface area contributed by atoms with Crippen LogP contribution in [0.5, 0.6) is 11.5 Å². The first-order valence-corrected chi connectivity index (χ1v) is 18.8. The first-order valence-electron chi connectivity index (χ1n) is 18.8. The highest BCUT2D eigenvalue weighted by Crippen LogP contribution is 2.37. The number of halogens is 1. The Morgan fingerprint density at radius 1 is 0.352 bits per heavy atom. The Kier molecular flexibility index (Phi) is 12.0. The molecule has 2 aromatic heterocycles. The molecule has 0 radical (unpaired) electrons. The fourth-order valence-corrected chi connectivity index (χ4v) is 7.06. The van der Waals surface area contributed by atoms with Crippen molar-refractivity contribution < 1.29 is 9.47 Å². The van der Waals surface area contributed by atoms with Gasteiger partial charge in [-0.2, -0.15) is 0 Å². The van der Waals surface area contributed by atoms with Crippen LogP contribution in [0.4, 0.5) is 22.7 Å². The number of benzene rings is 6. The number of anilines is 4. The summed E-state index contributed by atoms with van der Waals surface area (Å²) in [6, 6.07) is 49.6. The first kappa shape index (κ1) is 36.5. The van der Waals surface area contributed by atoms with Crippen LogP contribution < -0.4 is 20.1 Å². The van der Waals surface area contributed by atoms with Crippen molar-refractivity contribution >= 4 is 78.8 Å². The van der Waals surface area contributed by atoms with E-state index < -0.39 is 0 Å². The zero-order chi connectivity index (χ0) is 35.7. The summed E-state index contributed by atoms with van der Waals surface area (Å²) in [5, 5.41) is 11.8. The Bertz CT molecular complexity index is 2210. The van der Waals surface area contributed by atoms with E-state index in [4.69, 9.17) is 19.4 Å². The van der Waals surface area contributed by atoms with Crippen molar-refractivity contribution in [3.63, 3.8) is 0 Å². The molecule has 0 saturated carbocycles. The Morgan fingerprint density at radius 3 is 1.02 bits per heavy atom. The number of hydrogen-bond donors (Lipinski definition) is 2. The second-order valence-electron chi connectivity index (χ2n) is 13.5. The van der Waals surface area contributed by atoms with E-state index in [1.165, 1.54) is 19.3 Å². The normalized spacial score (nSPS) is 11.1. The summed E-state index contributed by atoms with van der Waals surface area (Å²) >= 11 is 0. The fraction of sp³-hybridized carbons (Fsp3) is 0.191. The molecule has 0 saturated heterocycles. The Balaban J connectivity index is 0.00000450. The molecular formula is C47H45ClN4O2. The summed E-state index contributed by atoms with van der Waals surface area (Å²) in [4.78, 5) is 9.74. The molecule has 54 heavy (non-hydrogen) atoms. The third-order valence-corrected chi connectivity index (χ3v) is 9.77. The minimum atomic E-state index is 0. The predicted octanol–water partition coefficient (Wildman–Crippen LogP) is 13.2. The molecule has 0 atom stereocenters. The van der Waals surface area contributed by atoms with Crippen molar-refractivity contribution in [2.75, 3.05) is 23.8 Å². The van der Waals surface area contributed by atoms with Crippen LogP contribution in [0.15, 0.2) is 146 Å². The van der Waals surface area contributed by atoms with Gasteiger partial charge in [-0.3, -0.25) is 0 Å². The maximum Gasteiger partial charge on any atom is 0.142 e. The molecule has 0 aliphatic carbocycles. The average Bonchev–Trinajstić information content (AvgIpc) is 3.20. The minimum Gasteiger partial charge on any atom is -0.491 e. The summed E-state index contributed by atoms with van der Waals surface area (Å²) < 4.78 is 12.6. The average molecular weight is 733 g/mol. The van der Waals surface area contributed by atoms with Gasteiger partial charge in [0.1, 0.15) is 11.5 Å². The van der Waals surface area contributed by atoms with Crippen LogP contribution in [0.1, 0.15) is 44.9 Å². The molecule has 0 amide bonds. The Morgan fingerprint density at radius 2 is 0.648 bits per heavy atom. The predicted molar refractivity (Wildman–Crippen MR) is 229 cm³/mol. The van der Waals surface area contributed by atoms with Gasteiger partial charge in [-0.25, -0.2) is 9.97 Å². The number of nitrogens with zero attached hydrogens (tertiary/aromatic N) is 2. The topological polar surface area (TPSA) is 68.3 Å². The lowest BCUT2D eigenvalue weighted by atomic mass is 10.1. The number of aromatic nitrogens is 2. The van der Waals surface area contributed by atoms with E-state index in [9.17, 15) is 0 Å². The molecule has 0 unspecified atom stereocenters. The molecule has 272 valence electrons. The lowest BCUT2D eigenvalue weighted by molar-refractivity contribution is 0.301. The number of rotatable bonds is 16. The van der Waals surface area contributed by atoms with E-state index in [2.05, 4.69) is 95.6 Å². The smallest absolute Gasteiger partial charge is 0.142 e. The third kappa shape index (κ3) is 8.35. The highest BCUT2D eigenvalue weighted by Gasteiger charge is 2.13. The van der Waals surface area contributed by atoms with Gasteiger partial charge in [-0.15, -0.1) is 12.4 Å². The van der Waals surface area contributed by atoms with Gasteiger partial charge in [0.05, 0.1) is 58.0 Å².